The van der Waals surface area contributed by atoms with Crippen molar-refractivity contribution in [2.75, 3.05) is 12.3 Å². The zero-order valence-electron chi connectivity index (χ0n) is 21.0. The van der Waals surface area contributed by atoms with Gasteiger partial charge in [-0.2, -0.15) is 5.26 Å². The van der Waals surface area contributed by atoms with Gasteiger partial charge in [0.25, 0.3) is 5.91 Å². The number of amides is 1. The highest BCUT2D eigenvalue weighted by molar-refractivity contribution is 5.98. The van der Waals surface area contributed by atoms with E-state index in [0.717, 1.165) is 12.8 Å². The molecule has 0 unspecified atom stereocenters. The summed E-state index contributed by atoms with van der Waals surface area (Å²) >= 11 is 0. The van der Waals surface area contributed by atoms with Crippen LogP contribution in [0.15, 0.2) is 77.4 Å². The molecule has 1 saturated carbocycles. The Bertz CT molecular complexity index is 1700. The number of carbonyl (C=O) groups excluding carboxylic acids is 1. The average Bonchev–Trinajstić information content (AvgIpc) is 3.58. The molecule has 11 nitrogen and oxygen atoms in total. The van der Waals surface area contributed by atoms with Crippen LogP contribution in [0, 0.1) is 11.3 Å². The van der Waals surface area contributed by atoms with Crippen molar-refractivity contribution < 1.29 is 9.53 Å². The van der Waals surface area contributed by atoms with E-state index >= 15 is 0 Å². The van der Waals surface area contributed by atoms with Crippen LogP contribution in [-0.2, 0) is 11.3 Å². The number of hydrogen-bond acceptors (Lipinski definition) is 8. The largest absolute Gasteiger partial charge is 0.457 e. The van der Waals surface area contributed by atoms with Crippen molar-refractivity contribution in [3.05, 3.63) is 83.1 Å². The van der Waals surface area contributed by atoms with Crippen LogP contribution in [-0.4, -0.2) is 48.0 Å². The van der Waals surface area contributed by atoms with Crippen molar-refractivity contribution in [3.63, 3.8) is 0 Å². The molecule has 39 heavy (non-hydrogen) atoms. The number of imidazole rings is 1. The first-order chi connectivity index (χ1) is 18.9. The van der Waals surface area contributed by atoms with Gasteiger partial charge < -0.3 is 21.1 Å². The topological polar surface area (TPSA) is 158 Å². The van der Waals surface area contributed by atoms with Crippen molar-refractivity contribution in [2.24, 2.45) is 5.73 Å². The zero-order chi connectivity index (χ0) is 27.1. The molecule has 1 atom stereocenters. The number of nitriles is 1. The molecule has 0 bridgehead atoms. The fourth-order valence-electron chi connectivity index (χ4n) is 4.78. The minimum Gasteiger partial charge on any atom is -0.457 e. The molecular weight excluding hydrogens is 496 g/mol. The Labute approximate surface area is 223 Å². The fourth-order valence-corrected chi connectivity index (χ4v) is 4.78. The summed E-state index contributed by atoms with van der Waals surface area (Å²) in [5.74, 6) is 1.10. The summed E-state index contributed by atoms with van der Waals surface area (Å²) in [7, 11) is 0. The van der Waals surface area contributed by atoms with E-state index in [4.69, 9.17) is 16.2 Å². The standard InChI is InChI=1S/C28H26N8O3/c29-15-18(14-28(31)11-12-28)26(37)34-13-10-20(34)16-35-25-23(24(30)32-17-33-25)36(27(35)38)19-6-8-22(9-7-19)39-21-4-2-1-3-5-21/h1-9,14,17,20H,10-13,16,31H2,(H2,30,32,33)/t20-/m0/s1. The van der Waals surface area contributed by atoms with Crippen molar-refractivity contribution in [1.82, 2.24) is 24.0 Å². The van der Waals surface area contributed by atoms with Gasteiger partial charge in [-0.05, 0) is 61.7 Å². The summed E-state index contributed by atoms with van der Waals surface area (Å²) in [6.07, 6.45) is 5.07. The maximum Gasteiger partial charge on any atom is 0.335 e. The molecule has 2 fully saturated rings. The number of benzene rings is 2. The molecule has 6 rings (SSSR count). The van der Waals surface area contributed by atoms with Crippen LogP contribution in [0.5, 0.6) is 11.5 Å². The van der Waals surface area contributed by atoms with Crippen LogP contribution < -0.4 is 21.9 Å². The third-order valence-electron chi connectivity index (χ3n) is 7.21. The highest BCUT2D eigenvalue weighted by atomic mass is 16.5. The molecule has 3 heterocycles. The normalized spacial score (nSPS) is 17.9. The Morgan fingerprint density at radius 2 is 1.85 bits per heavy atom. The molecule has 196 valence electrons. The van der Waals surface area contributed by atoms with Crippen LogP contribution in [0.1, 0.15) is 19.3 Å². The second kappa shape index (κ2) is 9.41. The summed E-state index contributed by atoms with van der Waals surface area (Å²) in [6.45, 7) is 0.694. The lowest BCUT2D eigenvalue weighted by molar-refractivity contribution is -0.134. The molecule has 2 aromatic carbocycles. The summed E-state index contributed by atoms with van der Waals surface area (Å²) in [4.78, 5) is 36.9. The van der Waals surface area contributed by atoms with E-state index in [1.54, 1.807) is 35.2 Å². The number of hydrogen-bond donors (Lipinski definition) is 2. The number of nitrogens with two attached hydrogens (primary N) is 2. The third-order valence-corrected chi connectivity index (χ3v) is 7.21. The van der Waals surface area contributed by atoms with Crippen molar-refractivity contribution in [1.29, 1.82) is 5.26 Å². The van der Waals surface area contributed by atoms with Crippen LogP contribution in [0.4, 0.5) is 5.82 Å². The van der Waals surface area contributed by atoms with Gasteiger partial charge in [0, 0.05) is 18.6 Å². The maximum absolute atomic E-state index is 13.7. The SMILES string of the molecule is N#CC(=CC1(N)CC1)C(=O)N1CC[C@H]1Cn1c(=O)n(-c2ccc(Oc3ccccc3)cc2)c2c(N)ncnc21. The Kier molecular flexibility index (Phi) is 5.89. The number of aromatic nitrogens is 4. The van der Waals surface area contributed by atoms with Gasteiger partial charge in [0.15, 0.2) is 11.5 Å². The van der Waals surface area contributed by atoms with E-state index < -0.39 is 5.54 Å². The molecule has 4 N–H and O–H groups in total. The molecule has 0 spiro atoms. The monoisotopic (exact) mass is 522 g/mol. The average molecular weight is 523 g/mol. The highest BCUT2D eigenvalue weighted by Crippen LogP contribution is 2.35. The second-order valence-electron chi connectivity index (χ2n) is 9.91. The van der Waals surface area contributed by atoms with Gasteiger partial charge in [0.1, 0.15) is 35.0 Å². The maximum atomic E-state index is 13.7. The molecule has 0 radical (unpaired) electrons. The molecule has 4 aromatic rings. The number of carbonyl (C=O) groups is 1. The van der Waals surface area contributed by atoms with Gasteiger partial charge >= 0.3 is 5.69 Å². The van der Waals surface area contributed by atoms with E-state index in [1.165, 1.54) is 15.5 Å². The van der Waals surface area contributed by atoms with Crippen LogP contribution in [0.3, 0.4) is 0 Å². The van der Waals surface area contributed by atoms with Gasteiger partial charge in [-0.3, -0.25) is 13.9 Å². The van der Waals surface area contributed by atoms with Crippen molar-refractivity contribution in [3.8, 4) is 23.3 Å². The van der Waals surface area contributed by atoms with Crippen LogP contribution in [0.2, 0.25) is 0 Å². The Morgan fingerprint density at radius 1 is 1.13 bits per heavy atom. The highest BCUT2D eigenvalue weighted by Gasteiger charge is 2.40. The number of likely N-dealkylation sites (tertiary alicyclic amines) is 1. The predicted octanol–water partition coefficient (Wildman–Crippen LogP) is 2.50. The number of rotatable bonds is 7. The van der Waals surface area contributed by atoms with E-state index in [0.29, 0.717) is 41.3 Å². The molecule has 11 heteroatoms. The van der Waals surface area contributed by atoms with Gasteiger partial charge in [0.05, 0.1) is 11.7 Å². The van der Waals surface area contributed by atoms with Gasteiger partial charge in [-0.15, -0.1) is 0 Å². The smallest absolute Gasteiger partial charge is 0.335 e. The third kappa shape index (κ3) is 4.51. The van der Waals surface area contributed by atoms with E-state index in [9.17, 15) is 14.9 Å². The van der Waals surface area contributed by atoms with Crippen molar-refractivity contribution in [2.45, 2.75) is 37.4 Å². The second-order valence-corrected chi connectivity index (χ2v) is 9.91. The lowest BCUT2D eigenvalue weighted by Crippen LogP contribution is -2.54. The Hall–Kier alpha value is -4.95. The number of nitrogens with zero attached hydrogens (tertiary/aromatic N) is 6. The number of fused-ring (bicyclic) bond motifs is 1. The summed E-state index contributed by atoms with van der Waals surface area (Å²) in [5.41, 5.74) is 12.7. The lowest BCUT2D eigenvalue weighted by Gasteiger charge is -2.41. The summed E-state index contributed by atoms with van der Waals surface area (Å²) < 4.78 is 8.85. The summed E-state index contributed by atoms with van der Waals surface area (Å²) in [5, 5.41) is 9.56. The minimum atomic E-state index is -0.568. The first kappa shape index (κ1) is 24.4. The van der Waals surface area contributed by atoms with Gasteiger partial charge in [-0.25, -0.2) is 14.8 Å². The molecule has 1 amide bonds. The predicted molar refractivity (Wildman–Crippen MR) is 144 cm³/mol. The first-order valence-corrected chi connectivity index (χ1v) is 12.6. The Morgan fingerprint density at radius 3 is 2.49 bits per heavy atom. The zero-order valence-corrected chi connectivity index (χ0v) is 21.0. The fraction of sp³-hybridized carbons (Fsp3) is 0.250. The Balaban J connectivity index is 1.31. The summed E-state index contributed by atoms with van der Waals surface area (Å²) in [6, 6.07) is 18.2. The number of ether oxygens (including phenoxy) is 1. The molecule has 2 aliphatic rings. The van der Waals surface area contributed by atoms with E-state index in [2.05, 4.69) is 9.97 Å². The number of anilines is 1. The lowest BCUT2D eigenvalue weighted by atomic mass is 10.0. The minimum absolute atomic E-state index is 0.0406. The quantitative estimate of drug-likeness (QED) is 0.277. The molecule has 2 aromatic heterocycles. The van der Waals surface area contributed by atoms with E-state index in [1.807, 2.05) is 36.4 Å². The van der Waals surface area contributed by atoms with Crippen molar-refractivity contribution >= 4 is 22.9 Å². The molecular formula is C28H26N8O3. The first-order valence-electron chi connectivity index (χ1n) is 12.6. The molecule has 1 aliphatic heterocycles. The number of nitrogen functional groups attached to an aromatic ring is 1. The van der Waals surface area contributed by atoms with Gasteiger partial charge in [0.2, 0.25) is 0 Å². The van der Waals surface area contributed by atoms with Crippen LogP contribution in [0.25, 0.3) is 16.9 Å². The van der Waals surface area contributed by atoms with Gasteiger partial charge in [-0.1, -0.05) is 18.2 Å². The molecule has 1 aliphatic carbocycles. The molecule has 1 saturated heterocycles. The van der Waals surface area contributed by atoms with Crippen LogP contribution >= 0.6 is 0 Å². The van der Waals surface area contributed by atoms with E-state index in [-0.39, 0.29) is 35.6 Å². The number of para-hydroxylation sites is 1.